The summed E-state index contributed by atoms with van der Waals surface area (Å²) in [4.78, 5) is 16.7. The van der Waals surface area contributed by atoms with Crippen LogP contribution in [0.3, 0.4) is 0 Å². The third-order valence-corrected chi connectivity index (χ3v) is 6.78. The molecule has 3 aliphatic carbocycles. The number of carbonyl (C=O) groups excluding carboxylic acids is 1. The molecule has 30 heavy (non-hydrogen) atoms. The lowest BCUT2D eigenvalue weighted by atomic mass is 9.56. The molecule has 2 bridgehead atoms. The van der Waals surface area contributed by atoms with Gasteiger partial charge in [0.1, 0.15) is 6.23 Å². The summed E-state index contributed by atoms with van der Waals surface area (Å²) in [6, 6.07) is 7.88. The number of hydrogen-bond donors (Lipinski definition) is 4. The van der Waals surface area contributed by atoms with Gasteiger partial charge in [0.2, 0.25) is 0 Å². The Bertz CT molecular complexity index is 745. The number of nitrogens with one attached hydrogen (secondary N) is 1. The molecule has 9 heteroatoms. The maximum atomic E-state index is 12.8. The molecule has 1 amide bonds. The van der Waals surface area contributed by atoms with Crippen LogP contribution in [0.4, 0.5) is 0 Å². The molecular weight excluding hydrogens is 383 g/mol. The van der Waals surface area contributed by atoms with Crippen molar-refractivity contribution in [3.8, 4) is 0 Å². The van der Waals surface area contributed by atoms with Crippen LogP contribution in [-0.4, -0.2) is 50.1 Å². The van der Waals surface area contributed by atoms with Gasteiger partial charge in [-0.1, -0.05) is 12.1 Å². The van der Waals surface area contributed by atoms with E-state index >= 15 is 0 Å². The van der Waals surface area contributed by atoms with Gasteiger partial charge in [0.25, 0.3) is 5.91 Å². The highest BCUT2D eigenvalue weighted by molar-refractivity contribution is 6.16. The highest BCUT2D eigenvalue weighted by atomic mass is 16.5. The van der Waals surface area contributed by atoms with Crippen LogP contribution in [0.25, 0.3) is 0 Å². The number of nitrogens with zero attached hydrogens (tertiary/aromatic N) is 1. The van der Waals surface area contributed by atoms with Crippen LogP contribution in [0, 0.1) is 0 Å². The molecule has 0 aliphatic heterocycles. The van der Waals surface area contributed by atoms with Gasteiger partial charge in [-0.05, 0) is 74.5 Å². The SMILES string of the molecule is COC12CCC(c3cccc(C(=O)N[C@@H](CCCN=C(N)N)O[B]O)c3)(CC1)CC2. The number of hydrogen-bond acceptors (Lipinski definition) is 5. The van der Waals surface area contributed by atoms with Crippen molar-refractivity contribution >= 4 is 19.6 Å². The molecule has 3 aliphatic rings. The van der Waals surface area contributed by atoms with Gasteiger partial charge in [-0.2, -0.15) is 0 Å². The minimum atomic E-state index is -0.662. The summed E-state index contributed by atoms with van der Waals surface area (Å²) in [6.45, 7) is 0.421. The summed E-state index contributed by atoms with van der Waals surface area (Å²) >= 11 is 0. The first-order valence-corrected chi connectivity index (χ1v) is 10.6. The second-order valence-electron chi connectivity index (χ2n) is 8.40. The summed E-state index contributed by atoms with van der Waals surface area (Å²) in [7, 11) is 2.41. The summed E-state index contributed by atoms with van der Waals surface area (Å²) < 4.78 is 10.9. The number of guanidine groups is 1. The molecule has 0 saturated heterocycles. The minimum Gasteiger partial charge on any atom is -0.429 e. The fraction of sp³-hybridized carbons (Fsp3) is 0.619. The van der Waals surface area contributed by atoms with Crippen molar-refractivity contribution in [1.82, 2.24) is 5.32 Å². The van der Waals surface area contributed by atoms with E-state index in [0.29, 0.717) is 32.6 Å². The first kappa shape index (κ1) is 22.6. The van der Waals surface area contributed by atoms with E-state index in [-0.39, 0.29) is 22.9 Å². The van der Waals surface area contributed by atoms with Gasteiger partial charge in [0.05, 0.1) is 5.60 Å². The van der Waals surface area contributed by atoms with E-state index < -0.39 is 6.23 Å². The van der Waals surface area contributed by atoms with Crippen molar-refractivity contribution in [2.45, 2.75) is 68.6 Å². The topological polar surface area (TPSA) is 132 Å². The van der Waals surface area contributed by atoms with Gasteiger partial charge in [0.15, 0.2) is 5.96 Å². The summed E-state index contributed by atoms with van der Waals surface area (Å²) in [5, 5.41) is 11.8. The van der Waals surface area contributed by atoms with E-state index in [4.69, 9.17) is 25.9 Å². The van der Waals surface area contributed by atoms with Crippen molar-refractivity contribution in [1.29, 1.82) is 0 Å². The monoisotopic (exact) mass is 415 g/mol. The second kappa shape index (κ2) is 9.81. The van der Waals surface area contributed by atoms with Crippen LogP contribution < -0.4 is 16.8 Å². The maximum Gasteiger partial charge on any atom is 0.486 e. The molecule has 8 nitrogen and oxygen atoms in total. The van der Waals surface area contributed by atoms with Crippen molar-refractivity contribution in [3.63, 3.8) is 0 Å². The summed E-state index contributed by atoms with van der Waals surface area (Å²) in [5.41, 5.74) is 12.6. The summed E-state index contributed by atoms with van der Waals surface area (Å²) in [6.07, 6.45) is 6.86. The molecule has 0 heterocycles. The van der Waals surface area contributed by atoms with E-state index in [1.807, 2.05) is 19.2 Å². The van der Waals surface area contributed by atoms with Gasteiger partial charge in [0, 0.05) is 19.2 Å². The number of fused-ring (bicyclic) bond motifs is 3. The van der Waals surface area contributed by atoms with E-state index in [1.54, 1.807) is 6.07 Å². The largest absolute Gasteiger partial charge is 0.486 e. The number of benzene rings is 1. The van der Waals surface area contributed by atoms with Gasteiger partial charge in [-0.25, -0.2) is 0 Å². The van der Waals surface area contributed by atoms with E-state index in [2.05, 4.69) is 16.4 Å². The van der Waals surface area contributed by atoms with Gasteiger partial charge in [-0.3, -0.25) is 9.79 Å². The summed E-state index contributed by atoms with van der Waals surface area (Å²) in [5.74, 6) is -0.214. The zero-order valence-corrected chi connectivity index (χ0v) is 17.6. The van der Waals surface area contributed by atoms with Crippen molar-refractivity contribution < 1.29 is 19.2 Å². The molecule has 0 aromatic heterocycles. The third kappa shape index (κ3) is 5.14. The van der Waals surface area contributed by atoms with Crippen LogP contribution in [-0.2, 0) is 14.8 Å². The lowest BCUT2D eigenvalue weighted by Crippen LogP contribution is -2.49. The van der Waals surface area contributed by atoms with Gasteiger partial charge >= 0.3 is 7.69 Å². The molecule has 0 unspecified atom stereocenters. The van der Waals surface area contributed by atoms with Crippen LogP contribution in [0.2, 0.25) is 0 Å². The Morgan fingerprint density at radius 1 is 1.27 bits per heavy atom. The molecule has 163 valence electrons. The Balaban J connectivity index is 1.64. The van der Waals surface area contributed by atoms with E-state index in [0.717, 1.165) is 38.5 Å². The molecular formula is C21H32BN4O4. The molecule has 4 rings (SSSR count). The van der Waals surface area contributed by atoms with Crippen LogP contribution in [0.15, 0.2) is 29.3 Å². The molecule has 1 aromatic carbocycles. The number of carbonyl (C=O) groups is 1. The lowest BCUT2D eigenvalue weighted by Gasteiger charge is -2.53. The zero-order valence-electron chi connectivity index (χ0n) is 17.6. The second-order valence-corrected chi connectivity index (χ2v) is 8.40. The fourth-order valence-electron chi connectivity index (χ4n) is 4.84. The highest BCUT2D eigenvalue weighted by Crippen LogP contribution is 2.54. The fourth-order valence-corrected chi connectivity index (χ4v) is 4.84. The molecule has 0 spiro atoms. The van der Waals surface area contributed by atoms with Crippen LogP contribution in [0.1, 0.15) is 67.3 Å². The normalized spacial score (nSPS) is 26.1. The standard InChI is InChI=1S/C21H32BN4O4/c1-29-21-10-7-20(8-11-21,9-12-21)16-5-2-4-15(14-16)18(27)26-17(30-22-28)6-3-13-25-19(23)24/h2,4-5,14,17,28H,3,6-13H2,1H3,(H,26,27)(H4,23,24,25)/t17-,20?,21?/m1/s1. The predicted molar refractivity (Wildman–Crippen MR) is 116 cm³/mol. The van der Waals surface area contributed by atoms with Crippen LogP contribution in [0.5, 0.6) is 0 Å². The Labute approximate surface area is 178 Å². The van der Waals surface area contributed by atoms with Crippen molar-refractivity contribution in [3.05, 3.63) is 35.4 Å². The van der Waals surface area contributed by atoms with Gasteiger partial charge in [-0.15, -0.1) is 0 Å². The van der Waals surface area contributed by atoms with Crippen molar-refractivity contribution in [2.75, 3.05) is 13.7 Å². The Kier molecular flexibility index (Phi) is 7.38. The zero-order chi connectivity index (χ0) is 21.6. The predicted octanol–water partition coefficient (Wildman–Crippen LogP) is 1.33. The maximum absolute atomic E-state index is 12.8. The smallest absolute Gasteiger partial charge is 0.429 e. The molecule has 1 atom stereocenters. The Morgan fingerprint density at radius 2 is 1.97 bits per heavy atom. The third-order valence-electron chi connectivity index (χ3n) is 6.78. The number of aliphatic imine (C=N–C) groups is 1. The first-order chi connectivity index (χ1) is 14.4. The number of ether oxygens (including phenoxy) is 1. The van der Waals surface area contributed by atoms with E-state index in [9.17, 15) is 4.79 Å². The molecule has 3 saturated carbocycles. The highest BCUT2D eigenvalue weighted by Gasteiger charge is 2.49. The Morgan fingerprint density at radius 3 is 2.57 bits per heavy atom. The number of rotatable bonds is 10. The molecule has 6 N–H and O–H groups in total. The quantitative estimate of drug-likeness (QED) is 0.150. The molecule has 1 aromatic rings. The van der Waals surface area contributed by atoms with Gasteiger partial charge < -0.3 is 31.2 Å². The number of methoxy groups -OCH3 is 1. The lowest BCUT2D eigenvalue weighted by molar-refractivity contribution is -0.0955. The number of nitrogens with two attached hydrogens (primary N) is 2. The minimum absolute atomic E-state index is 0.0228. The van der Waals surface area contributed by atoms with Crippen LogP contribution >= 0.6 is 0 Å². The average molecular weight is 415 g/mol. The molecule has 3 fully saturated rings. The number of amides is 1. The molecule has 1 radical (unpaired) electrons. The van der Waals surface area contributed by atoms with E-state index in [1.165, 1.54) is 5.56 Å². The average Bonchev–Trinajstić information content (AvgIpc) is 2.78. The Hall–Kier alpha value is -2.10. The van der Waals surface area contributed by atoms with Crippen molar-refractivity contribution in [2.24, 2.45) is 16.5 Å². The first-order valence-electron chi connectivity index (χ1n) is 10.6.